The lowest BCUT2D eigenvalue weighted by atomic mass is 9.84. The summed E-state index contributed by atoms with van der Waals surface area (Å²) in [6.07, 6.45) is 0. The normalized spacial score (nSPS) is 11.6. The fourth-order valence-corrected chi connectivity index (χ4v) is 9.60. The first kappa shape index (κ1) is 35.0. The minimum absolute atomic E-state index is 1.14. The Morgan fingerprint density at radius 1 is 0.213 bits per heavy atom. The number of fused-ring (bicyclic) bond motifs is 5. The Kier molecular flexibility index (Phi) is 8.25. The molecule has 0 fully saturated rings. The van der Waals surface area contributed by atoms with Crippen molar-refractivity contribution in [3.05, 3.63) is 237 Å². The predicted octanol–water partition coefficient (Wildman–Crippen LogP) is 16.6. The van der Waals surface area contributed by atoms with Gasteiger partial charge in [0.25, 0.3) is 0 Å². The molecule has 0 N–H and O–H groups in total. The van der Waals surface area contributed by atoms with Crippen molar-refractivity contribution >= 4 is 53.9 Å². The number of aromatic nitrogens is 1. The van der Waals surface area contributed by atoms with Crippen LogP contribution in [-0.4, -0.2) is 4.57 Å². The lowest BCUT2D eigenvalue weighted by molar-refractivity contribution is 1.10. The van der Waals surface area contributed by atoms with Crippen LogP contribution in [0.3, 0.4) is 0 Å². The van der Waals surface area contributed by atoms with Gasteiger partial charge in [-0.3, -0.25) is 0 Å². The van der Waals surface area contributed by atoms with E-state index in [1.807, 2.05) is 0 Å². The number of benzene rings is 11. The fourth-order valence-electron chi connectivity index (χ4n) is 9.60. The highest BCUT2D eigenvalue weighted by molar-refractivity contribution is 6.22. The second-order valence-corrected chi connectivity index (χ2v) is 16.1. The molecule has 0 aliphatic carbocycles. The molecule has 11 aromatic carbocycles. The third-order valence-corrected chi connectivity index (χ3v) is 12.5. The molecule has 284 valence electrons. The summed E-state index contributed by atoms with van der Waals surface area (Å²) in [5.41, 5.74) is 13.3. The molecule has 0 aliphatic heterocycles. The van der Waals surface area contributed by atoms with Gasteiger partial charge in [0.1, 0.15) is 0 Å². The molecule has 0 spiro atoms. The van der Waals surface area contributed by atoms with Crippen molar-refractivity contribution in [1.29, 1.82) is 0 Å². The van der Waals surface area contributed by atoms with E-state index < -0.39 is 0 Å². The van der Waals surface area contributed by atoms with Gasteiger partial charge < -0.3 is 4.57 Å². The second-order valence-electron chi connectivity index (χ2n) is 16.1. The van der Waals surface area contributed by atoms with E-state index in [9.17, 15) is 0 Å². The van der Waals surface area contributed by atoms with Crippen LogP contribution < -0.4 is 0 Å². The Labute approximate surface area is 355 Å². The second kappa shape index (κ2) is 14.4. The van der Waals surface area contributed by atoms with Crippen LogP contribution in [0.5, 0.6) is 0 Å². The molecule has 1 nitrogen and oxygen atoms in total. The summed E-state index contributed by atoms with van der Waals surface area (Å²) in [5, 5.41) is 12.4. The molecule has 12 rings (SSSR count). The molecule has 1 aromatic heterocycles. The molecular weight excluding hydrogens is 735 g/mol. The molecule has 0 bridgehead atoms. The zero-order valence-corrected chi connectivity index (χ0v) is 33.5. The first-order valence-electron chi connectivity index (χ1n) is 21.1. The van der Waals surface area contributed by atoms with E-state index in [1.54, 1.807) is 0 Å². The maximum Gasteiger partial charge on any atom is 0.0535 e. The Morgan fingerprint density at radius 2 is 0.607 bits per heavy atom. The van der Waals surface area contributed by atoms with E-state index in [0.717, 1.165) is 5.69 Å². The summed E-state index contributed by atoms with van der Waals surface area (Å²) in [5.74, 6) is 0. The van der Waals surface area contributed by atoms with Crippen LogP contribution in [0, 0.1) is 0 Å². The molecule has 1 heteroatoms. The van der Waals surface area contributed by atoms with E-state index in [4.69, 9.17) is 0 Å². The van der Waals surface area contributed by atoms with Crippen molar-refractivity contribution in [2.24, 2.45) is 0 Å². The SMILES string of the molecule is c1ccc(-c2ccc(-c3ccccc3)n2-c2ccc3cc(-c4ccc5c(-c6ccc7ccccc7c6)c6ccccc6c(-c6ccc7ccccc7c6)c5c4)ccc3c2)cc1. The van der Waals surface area contributed by atoms with Crippen LogP contribution in [0.4, 0.5) is 0 Å². The third-order valence-electron chi connectivity index (χ3n) is 12.5. The first-order valence-corrected chi connectivity index (χ1v) is 21.1. The van der Waals surface area contributed by atoms with Gasteiger partial charge in [-0.05, 0) is 147 Å². The van der Waals surface area contributed by atoms with E-state index >= 15 is 0 Å². The minimum atomic E-state index is 1.14. The Morgan fingerprint density at radius 3 is 1.21 bits per heavy atom. The topological polar surface area (TPSA) is 4.93 Å². The highest BCUT2D eigenvalue weighted by atomic mass is 15.0. The number of hydrogen-bond acceptors (Lipinski definition) is 0. The Balaban J connectivity index is 1.04. The van der Waals surface area contributed by atoms with Crippen LogP contribution in [-0.2, 0) is 0 Å². The molecule has 0 saturated carbocycles. The van der Waals surface area contributed by atoms with E-state index in [0.29, 0.717) is 0 Å². The zero-order valence-electron chi connectivity index (χ0n) is 33.5. The number of nitrogens with zero attached hydrogens (tertiary/aromatic N) is 1. The quantitative estimate of drug-likeness (QED) is 0.148. The van der Waals surface area contributed by atoms with Crippen LogP contribution in [0.25, 0.3) is 115 Å². The maximum atomic E-state index is 2.43. The lowest BCUT2D eigenvalue weighted by Gasteiger charge is -2.19. The van der Waals surface area contributed by atoms with E-state index in [1.165, 1.54) is 110 Å². The molecule has 12 aromatic rings. The fraction of sp³-hybridized carbons (Fsp3) is 0. The molecule has 0 unspecified atom stereocenters. The van der Waals surface area contributed by atoms with Crippen LogP contribution in [0.2, 0.25) is 0 Å². The maximum absolute atomic E-state index is 2.43. The van der Waals surface area contributed by atoms with Crippen molar-refractivity contribution in [2.75, 3.05) is 0 Å². The van der Waals surface area contributed by atoms with E-state index in [2.05, 4.69) is 241 Å². The van der Waals surface area contributed by atoms with Crippen LogP contribution >= 0.6 is 0 Å². The zero-order chi connectivity index (χ0) is 40.3. The van der Waals surface area contributed by atoms with Crippen molar-refractivity contribution in [2.45, 2.75) is 0 Å². The molecule has 0 atom stereocenters. The van der Waals surface area contributed by atoms with Crippen LogP contribution in [0.15, 0.2) is 237 Å². The van der Waals surface area contributed by atoms with Gasteiger partial charge in [0.15, 0.2) is 0 Å². The van der Waals surface area contributed by atoms with Crippen molar-refractivity contribution < 1.29 is 0 Å². The van der Waals surface area contributed by atoms with Gasteiger partial charge in [0.2, 0.25) is 0 Å². The van der Waals surface area contributed by atoms with Crippen LogP contribution in [0.1, 0.15) is 0 Å². The monoisotopic (exact) mass is 773 g/mol. The molecule has 0 radical (unpaired) electrons. The summed E-state index contributed by atoms with van der Waals surface area (Å²) >= 11 is 0. The average molecular weight is 774 g/mol. The van der Waals surface area contributed by atoms with Gasteiger partial charge in [-0.15, -0.1) is 0 Å². The molecule has 0 aliphatic rings. The molecule has 61 heavy (non-hydrogen) atoms. The van der Waals surface area contributed by atoms with Gasteiger partial charge in [-0.2, -0.15) is 0 Å². The first-order chi connectivity index (χ1) is 30.2. The Hall–Kier alpha value is -8.00. The lowest BCUT2D eigenvalue weighted by Crippen LogP contribution is -1.99. The van der Waals surface area contributed by atoms with E-state index in [-0.39, 0.29) is 0 Å². The number of rotatable bonds is 6. The summed E-state index contributed by atoms with van der Waals surface area (Å²) in [7, 11) is 0. The molecule has 1 heterocycles. The third kappa shape index (κ3) is 6.02. The van der Waals surface area contributed by atoms with Gasteiger partial charge in [-0.1, -0.05) is 188 Å². The van der Waals surface area contributed by atoms with Gasteiger partial charge >= 0.3 is 0 Å². The Bertz CT molecular complexity index is 3570. The smallest absolute Gasteiger partial charge is 0.0535 e. The molecule has 0 saturated heterocycles. The molecular formula is C60H39N. The highest BCUT2D eigenvalue weighted by Crippen LogP contribution is 2.46. The standard InChI is InChI=1S/C60H39N/c1-3-15-42(16-4-1)57-33-34-58(43-17-5-2-6-18-43)61(57)52-31-29-47-35-46(25-26-48(47)38-52)49-30-32-55-56(39-49)60(51-28-24-41-14-8-10-20-45(41)37-51)54-22-12-11-21-53(54)59(55)50-27-23-40-13-7-9-19-44(40)36-50/h1-39H. The summed E-state index contributed by atoms with van der Waals surface area (Å²) in [4.78, 5) is 0. The van der Waals surface area contributed by atoms with Gasteiger partial charge in [0, 0.05) is 5.69 Å². The minimum Gasteiger partial charge on any atom is -0.309 e. The average Bonchev–Trinajstić information content (AvgIpc) is 3.78. The highest BCUT2D eigenvalue weighted by Gasteiger charge is 2.19. The van der Waals surface area contributed by atoms with Gasteiger partial charge in [-0.25, -0.2) is 0 Å². The van der Waals surface area contributed by atoms with Crippen molar-refractivity contribution in [1.82, 2.24) is 4.57 Å². The largest absolute Gasteiger partial charge is 0.309 e. The van der Waals surface area contributed by atoms with Crippen molar-refractivity contribution in [3.8, 4) is 61.6 Å². The predicted molar refractivity (Wildman–Crippen MR) is 260 cm³/mol. The summed E-state index contributed by atoms with van der Waals surface area (Å²) in [6.45, 7) is 0. The summed E-state index contributed by atoms with van der Waals surface area (Å²) in [6, 6.07) is 86.9. The molecule has 0 amide bonds. The van der Waals surface area contributed by atoms with Gasteiger partial charge in [0.05, 0.1) is 11.4 Å². The van der Waals surface area contributed by atoms with Crippen molar-refractivity contribution in [3.63, 3.8) is 0 Å². The summed E-state index contributed by atoms with van der Waals surface area (Å²) < 4.78 is 2.40. The number of hydrogen-bond donors (Lipinski definition) is 0.